The first-order chi connectivity index (χ1) is 14.1. The van der Waals surface area contributed by atoms with Gasteiger partial charge in [0.2, 0.25) is 5.91 Å². The molecule has 158 valence electrons. The van der Waals surface area contributed by atoms with Gasteiger partial charge in [-0.1, -0.05) is 36.6 Å². The highest BCUT2D eigenvalue weighted by molar-refractivity contribution is 6.33. The van der Waals surface area contributed by atoms with Crippen LogP contribution in [0.25, 0.3) is 0 Å². The highest BCUT2D eigenvalue weighted by Crippen LogP contribution is 2.27. The van der Waals surface area contributed by atoms with E-state index in [2.05, 4.69) is 20.9 Å². The number of benzene rings is 1. The van der Waals surface area contributed by atoms with E-state index in [1.54, 1.807) is 31.3 Å². The number of nitrogens with zero attached hydrogens (tertiary/aromatic N) is 2. The molecule has 1 saturated carbocycles. The van der Waals surface area contributed by atoms with E-state index >= 15 is 0 Å². The summed E-state index contributed by atoms with van der Waals surface area (Å²) in [6, 6.07) is 7.17. The lowest BCUT2D eigenvalue weighted by atomic mass is 10.1. The van der Waals surface area contributed by atoms with Crippen LogP contribution in [0.3, 0.4) is 0 Å². The number of hydrogen-bond donors (Lipinski definition) is 3. The molecule has 0 aromatic heterocycles. The second kappa shape index (κ2) is 10.5. The third kappa shape index (κ3) is 5.85. The van der Waals surface area contributed by atoms with E-state index in [-0.39, 0.29) is 17.9 Å². The summed E-state index contributed by atoms with van der Waals surface area (Å²) < 4.78 is 0. The Bertz CT molecular complexity index is 748. The number of amides is 2. The van der Waals surface area contributed by atoms with Gasteiger partial charge >= 0.3 is 0 Å². The average Bonchev–Trinajstić information content (AvgIpc) is 3.42. The zero-order valence-electron chi connectivity index (χ0n) is 16.9. The second-order valence-corrected chi connectivity index (χ2v) is 8.04. The zero-order chi connectivity index (χ0) is 20.6. The minimum absolute atomic E-state index is 0.197. The quantitative estimate of drug-likeness (QED) is 0.374. The van der Waals surface area contributed by atoms with Gasteiger partial charge in [-0.25, -0.2) is 0 Å². The molecule has 3 rings (SSSR count). The summed E-state index contributed by atoms with van der Waals surface area (Å²) in [7, 11) is 1.72. The van der Waals surface area contributed by atoms with E-state index in [0.29, 0.717) is 35.5 Å². The van der Waals surface area contributed by atoms with Crippen LogP contribution >= 0.6 is 11.6 Å². The number of rotatable bonds is 6. The van der Waals surface area contributed by atoms with Gasteiger partial charge in [-0.05, 0) is 31.4 Å². The molecule has 3 N–H and O–H groups in total. The Hall–Kier alpha value is -2.28. The van der Waals surface area contributed by atoms with E-state index in [0.717, 1.165) is 32.4 Å². The summed E-state index contributed by atoms with van der Waals surface area (Å²) in [5.41, 5.74) is 0.467. The lowest BCUT2D eigenvalue weighted by Crippen LogP contribution is -2.47. The fraction of sp³-hybridized carbons (Fsp3) is 0.571. The standard InChI is InChI=1S/C21H30ClN5O2/c1-23-21(25-12-11-24-19(28)17-8-4-5-9-18(17)22)26-16-10-13-27(14-16)20(29)15-6-2-3-7-15/h4-5,8-9,15-16H,2-3,6-7,10-14H2,1H3,(H,24,28)(H2,23,25,26). The predicted octanol–water partition coefficient (Wildman–Crippen LogP) is 2.03. The van der Waals surface area contributed by atoms with E-state index in [4.69, 9.17) is 11.6 Å². The van der Waals surface area contributed by atoms with Crippen molar-refractivity contribution >= 4 is 29.4 Å². The van der Waals surface area contributed by atoms with Crippen LogP contribution in [0.2, 0.25) is 5.02 Å². The number of guanidine groups is 1. The molecule has 0 bridgehead atoms. The summed E-state index contributed by atoms with van der Waals surface area (Å²) in [5, 5.41) is 9.87. The second-order valence-electron chi connectivity index (χ2n) is 7.63. The van der Waals surface area contributed by atoms with Crippen molar-refractivity contribution in [1.82, 2.24) is 20.9 Å². The molecule has 1 saturated heterocycles. The van der Waals surface area contributed by atoms with Crippen LogP contribution in [0, 0.1) is 5.92 Å². The maximum atomic E-state index is 12.6. The maximum absolute atomic E-state index is 12.6. The minimum Gasteiger partial charge on any atom is -0.355 e. The molecular formula is C21H30ClN5O2. The van der Waals surface area contributed by atoms with Crippen molar-refractivity contribution in [1.29, 1.82) is 0 Å². The molecule has 1 atom stereocenters. The molecule has 0 radical (unpaired) electrons. The van der Waals surface area contributed by atoms with Gasteiger partial charge in [0.15, 0.2) is 5.96 Å². The number of carbonyl (C=O) groups excluding carboxylic acids is 2. The smallest absolute Gasteiger partial charge is 0.252 e. The molecule has 7 nitrogen and oxygen atoms in total. The van der Waals surface area contributed by atoms with Gasteiger partial charge in [-0.2, -0.15) is 0 Å². The molecule has 2 aliphatic rings. The Balaban J connectivity index is 1.37. The summed E-state index contributed by atoms with van der Waals surface area (Å²) in [5.74, 6) is 1.03. The van der Waals surface area contributed by atoms with Gasteiger partial charge in [0.1, 0.15) is 0 Å². The molecule has 1 aliphatic carbocycles. The Kier molecular flexibility index (Phi) is 7.75. The largest absolute Gasteiger partial charge is 0.355 e. The van der Waals surface area contributed by atoms with Gasteiger partial charge in [-0.15, -0.1) is 0 Å². The number of nitrogens with one attached hydrogen (secondary N) is 3. The number of carbonyl (C=O) groups is 2. The Morgan fingerprint density at radius 2 is 1.86 bits per heavy atom. The van der Waals surface area contributed by atoms with Crippen LogP contribution < -0.4 is 16.0 Å². The van der Waals surface area contributed by atoms with Crippen LogP contribution in [0.15, 0.2) is 29.3 Å². The molecule has 8 heteroatoms. The number of likely N-dealkylation sites (tertiary alicyclic amines) is 1. The zero-order valence-corrected chi connectivity index (χ0v) is 17.7. The van der Waals surface area contributed by atoms with Crippen molar-refractivity contribution in [2.24, 2.45) is 10.9 Å². The van der Waals surface area contributed by atoms with Crippen molar-refractivity contribution in [2.45, 2.75) is 38.1 Å². The van der Waals surface area contributed by atoms with Gasteiger partial charge in [0.25, 0.3) is 5.91 Å². The SMILES string of the molecule is CN=C(NCCNC(=O)c1ccccc1Cl)NC1CCN(C(=O)C2CCCC2)C1. The molecule has 1 aromatic rings. The highest BCUT2D eigenvalue weighted by Gasteiger charge is 2.32. The molecule has 1 aliphatic heterocycles. The Morgan fingerprint density at radius 3 is 2.59 bits per heavy atom. The van der Waals surface area contributed by atoms with Crippen molar-refractivity contribution < 1.29 is 9.59 Å². The van der Waals surface area contributed by atoms with Gasteiger partial charge in [-0.3, -0.25) is 14.6 Å². The third-order valence-electron chi connectivity index (χ3n) is 5.59. The minimum atomic E-state index is -0.197. The number of halogens is 1. The molecule has 2 amide bonds. The summed E-state index contributed by atoms with van der Waals surface area (Å²) in [6.45, 7) is 2.51. The summed E-state index contributed by atoms with van der Waals surface area (Å²) in [6.07, 6.45) is 5.35. The lowest BCUT2D eigenvalue weighted by molar-refractivity contribution is -0.134. The Morgan fingerprint density at radius 1 is 1.14 bits per heavy atom. The normalized spacial score (nSPS) is 20.0. The summed E-state index contributed by atoms with van der Waals surface area (Å²) in [4.78, 5) is 31.0. The van der Waals surface area contributed by atoms with Crippen LogP contribution in [0.1, 0.15) is 42.5 Å². The first-order valence-electron chi connectivity index (χ1n) is 10.4. The maximum Gasteiger partial charge on any atom is 0.252 e. The molecule has 1 unspecified atom stereocenters. The van der Waals surface area contributed by atoms with E-state index in [1.165, 1.54) is 12.8 Å². The molecule has 1 heterocycles. The first kappa shape index (κ1) is 21.4. The topological polar surface area (TPSA) is 85.8 Å². The van der Waals surface area contributed by atoms with Crippen molar-refractivity contribution in [2.75, 3.05) is 33.2 Å². The van der Waals surface area contributed by atoms with Crippen LogP contribution in [0.5, 0.6) is 0 Å². The molecule has 0 spiro atoms. The van der Waals surface area contributed by atoms with Crippen molar-refractivity contribution in [3.8, 4) is 0 Å². The fourth-order valence-electron chi connectivity index (χ4n) is 3.99. The van der Waals surface area contributed by atoms with E-state index < -0.39 is 0 Å². The van der Waals surface area contributed by atoms with Gasteiger partial charge < -0.3 is 20.9 Å². The molecule has 1 aromatic carbocycles. The van der Waals surface area contributed by atoms with Crippen molar-refractivity contribution in [3.05, 3.63) is 34.9 Å². The monoisotopic (exact) mass is 419 g/mol. The number of hydrogen-bond acceptors (Lipinski definition) is 3. The number of aliphatic imine (C=N–C) groups is 1. The lowest BCUT2D eigenvalue weighted by Gasteiger charge is -2.21. The van der Waals surface area contributed by atoms with Crippen LogP contribution in [0.4, 0.5) is 0 Å². The first-order valence-corrected chi connectivity index (χ1v) is 10.7. The average molecular weight is 420 g/mol. The Labute approximate surface area is 177 Å². The molecular weight excluding hydrogens is 390 g/mol. The van der Waals surface area contributed by atoms with Gasteiger partial charge in [0.05, 0.1) is 10.6 Å². The van der Waals surface area contributed by atoms with Crippen LogP contribution in [-0.4, -0.2) is 61.9 Å². The van der Waals surface area contributed by atoms with E-state index in [9.17, 15) is 9.59 Å². The third-order valence-corrected chi connectivity index (χ3v) is 5.92. The fourth-order valence-corrected chi connectivity index (χ4v) is 4.22. The molecule has 29 heavy (non-hydrogen) atoms. The van der Waals surface area contributed by atoms with Gasteiger partial charge in [0, 0.05) is 45.2 Å². The summed E-state index contributed by atoms with van der Waals surface area (Å²) >= 11 is 6.04. The molecule has 2 fully saturated rings. The highest BCUT2D eigenvalue weighted by atomic mass is 35.5. The van der Waals surface area contributed by atoms with E-state index in [1.807, 2.05) is 4.90 Å². The predicted molar refractivity (Wildman–Crippen MR) is 115 cm³/mol. The van der Waals surface area contributed by atoms with Crippen molar-refractivity contribution in [3.63, 3.8) is 0 Å². The van der Waals surface area contributed by atoms with Crippen LogP contribution in [-0.2, 0) is 4.79 Å².